The van der Waals surface area contributed by atoms with Gasteiger partial charge in [0.1, 0.15) is 5.82 Å². The molecular weight excluding hydrogens is 333 g/mol. The predicted molar refractivity (Wildman–Crippen MR) is 94.0 cm³/mol. The van der Waals surface area contributed by atoms with Gasteiger partial charge >= 0.3 is 0 Å². The topological polar surface area (TPSA) is 59.2 Å². The summed E-state index contributed by atoms with van der Waals surface area (Å²) in [6.45, 7) is 1.28. The van der Waals surface area contributed by atoms with Crippen LogP contribution in [0.1, 0.15) is 35.0 Å². The Bertz CT molecular complexity index is 893. The van der Waals surface area contributed by atoms with E-state index >= 15 is 0 Å². The molecule has 1 unspecified atom stereocenters. The quantitative estimate of drug-likeness (QED) is 0.718. The van der Waals surface area contributed by atoms with E-state index in [0.717, 1.165) is 19.4 Å². The molecule has 0 aliphatic carbocycles. The summed E-state index contributed by atoms with van der Waals surface area (Å²) in [5.74, 6) is 0.688. The van der Waals surface area contributed by atoms with Gasteiger partial charge in [0.2, 0.25) is 11.7 Å². The molecule has 132 valence electrons. The molecule has 6 heteroatoms. The van der Waals surface area contributed by atoms with E-state index in [1.807, 2.05) is 35.2 Å². The maximum atomic E-state index is 13.1. The lowest BCUT2D eigenvalue weighted by atomic mass is 9.97. The second kappa shape index (κ2) is 7.07. The average Bonchev–Trinajstić information content (AvgIpc) is 3.19. The minimum absolute atomic E-state index is 0.0121. The Kier molecular flexibility index (Phi) is 4.48. The highest BCUT2D eigenvalue weighted by molar-refractivity contribution is 5.94. The van der Waals surface area contributed by atoms with Gasteiger partial charge in [-0.05, 0) is 49.2 Å². The minimum atomic E-state index is -0.306. The van der Waals surface area contributed by atoms with Gasteiger partial charge in [0, 0.05) is 24.2 Å². The van der Waals surface area contributed by atoms with Gasteiger partial charge in [-0.3, -0.25) is 4.79 Å². The highest BCUT2D eigenvalue weighted by Crippen LogP contribution is 2.28. The molecule has 0 saturated carbocycles. The highest BCUT2D eigenvalue weighted by Gasteiger charge is 2.29. The molecule has 0 radical (unpaired) electrons. The summed E-state index contributed by atoms with van der Waals surface area (Å²) in [6.07, 6.45) is 1.78. The van der Waals surface area contributed by atoms with Crippen molar-refractivity contribution in [3.05, 3.63) is 71.9 Å². The van der Waals surface area contributed by atoms with Crippen molar-refractivity contribution in [3.8, 4) is 11.4 Å². The Morgan fingerprint density at radius 1 is 1.12 bits per heavy atom. The molecule has 1 aliphatic heterocycles. The van der Waals surface area contributed by atoms with Crippen LogP contribution in [-0.4, -0.2) is 34.0 Å². The van der Waals surface area contributed by atoms with Crippen molar-refractivity contribution in [2.45, 2.75) is 18.8 Å². The fraction of sp³-hybridized carbons (Fsp3) is 0.250. The summed E-state index contributed by atoms with van der Waals surface area (Å²) in [4.78, 5) is 19.0. The van der Waals surface area contributed by atoms with Crippen LogP contribution >= 0.6 is 0 Å². The van der Waals surface area contributed by atoms with Gasteiger partial charge in [0.05, 0.1) is 5.92 Å². The summed E-state index contributed by atoms with van der Waals surface area (Å²) in [6, 6.07) is 15.2. The third kappa shape index (κ3) is 3.35. The van der Waals surface area contributed by atoms with Crippen LogP contribution < -0.4 is 0 Å². The number of aromatic nitrogens is 2. The van der Waals surface area contributed by atoms with E-state index in [0.29, 0.717) is 29.4 Å². The van der Waals surface area contributed by atoms with Crippen LogP contribution in [0.5, 0.6) is 0 Å². The van der Waals surface area contributed by atoms with E-state index in [-0.39, 0.29) is 17.6 Å². The van der Waals surface area contributed by atoms with Gasteiger partial charge in [0.15, 0.2) is 0 Å². The monoisotopic (exact) mass is 351 g/mol. The van der Waals surface area contributed by atoms with Crippen LogP contribution in [0.2, 0.25) is 0 Å². The van der Waals surface area contributed by atoms with Crippen molar-refractivity contribution in [2.75, 3.05) is 13.1 Å². The molecule has 26 heavy (non-hydrogen) atoms. The third-order valence-electron chi connectivity index (χ3n) is 4.62. The number of halogens is 1. The van der Waals surface area contributed by atoms with Gasteiger partial charge in [-0.25, -0.2) is 4.39 Å². The summed E-state index contributed by atoms with van der Waals surface area (Å²) >= 11 is 0. The lowest BCUT2D eigenvalue weighted by molar-refractivity contribution is 0.0695. The van der Waals surface area contributed by atoms with Gasteiger partial charge in [-0.15, -0.1) is 0 Å². The molecule has 3 aromatic rings. The van der Waals surface area contributed by atoms with Crippen LogP contribution in [0, 0.1) is 5.82 Å². The molecule has 2 heterocycles. The third-order valence-corrected chi connectivity index (χ3v) is 4.62. The first-order chi connectivity index (χ1) is 12.7. The number of carbonyl (C=O) groups excluding carboxylic acids is 1. The Balaban J connectivity index is 1.50. The first-order valence-corrected chi connectivity index (χ1v) is 8.64. The van der Waals surface area contributed by atoms with Gasteiger partial charge in [0.25, 0.3) is 5.91 Å². The first kappa shape index (κ1) is 16.4. The number of amides is 1. The molecule has 1 aromatic heterocycles. The lowest BCUT2D eigenvalue weighted by Crippen LogP contribution is -2.39. The number of benzene rings is 2. The summed E-state index contributed by atoms with van der Waals surface area (Å²) in [7, 11) is 0. The standard InChI is InChI=1S/C20H18FN3O2/c21-17-10-8-14(9-11-17)18-22-19(26-23-18)16-7-4-12-24(13-16)20(25)15-5-2-1-3-6-15/h1-3,5-6,8-11,16H,4,7,12-13H2. The van der Waals surface area contributed by atoms with E-state index in [2.05, 4.69) is 10.1 Å². The number of carbonyl (C=O) groups is 1. The van der Waals surface area contributed by atoms with Crippen LogP contribution in [0.4, 0.5) is 4.39 Å². The Morgan fingerprint density at radius 3 is 2.65 bits per heavy atom. The van der Waals surface area contributed by atoms with E-state index in [4.69, 9.17) is 4.52 Å². The molecule has 0 N–H and O–H groups in total. The molecule has 1 saturated heterocycles. The number of hydrogen-bond donors (Lipinski definition) is 0. The molecule has 1 atom stereocenters. The van der Waals surface area contributed by atoms with E-state index in [9.17, 15) is 9.18 Å². The molecule has 5 nitrogen and oxygen atoms in total. The molecule has 0 bridgehead atoms. The minimum Gasteiger partial charge on any atom is -0.339 e. The van der Waals surface area contributed by atoms with Gasteiger partial charge in [-0.1, -0.05) is 23.4 Å². The molecule has 1 aliphatic rings. The lowest BCUT2D eigenvalue weighted by Gasteiger charge is -2.31. The fourth-order valence-corrected chi connectivity index (χ4v) is 3.24. The second-order valence-electron chi connectivity index (χ2n) is 6.42. The van der Waals surface area contributed by atoms with E-state index in [1.165, 1.54) is 12.1 Å². The zero-order valence-electron chi connectivity index (χ0n) is 14.1. The van der Waals surface area contributed by atoms with Crippen LogP contribution in [0.15, 0.2) is 59.1 Å². The Hall–Kier alpha value is -3.02. The van der Waals surface area contributed by atoms with E-state index in [1.54, 1.807) is 12.1 Å². The highest BCUT2D eigenvalue weighted by atomic mass is 19.1. The molecule has 1 fully saturated rings. The molecule has 1 amide bonds. The number of rotatable bonds is 3. The fourth-order valence-electron chi connectivity index (χ4n) is 3.24. The number of hydrogen-bond acceptors (Lipinski definition) is 4. The summed E-state index contributed by atoms with van der Waals surface area (Å²) in [5.41, 5.74) is 1.39. The van der Waals surface area contributed by atoms with Crippen molar-refractivity contribution in [3.63, 3.8) is 0 Å². The Labute approximate surface area is 150 Å². The Morgan fingerprint density at radius 2 is 1.88 bits per heavy atom. The van der Waals surface area contributed by atoms with Crippen molar-refractivity contribution in [2.24, 2.45) is 0 Å². The average molecular weight is 351 g/mol. The van der Waals surface area contributed by atoms with Crippen LogP contribution in [0.3, 0.4) is 0 Å². The number of likely N-dealkylation sites (tertiary alicyclic amines) is 1. The second-order valence-corrected chi connectivity index (χ2v) is 6.42. The number of piperidine rings is 1. The SMILES string of the molecule is O=C(c1ccccc1)N1CCCC(c2nc(-c3ccc(F)cc3)no2)C1. The molecule has 4 rings (SSSR count). The van der Waals surface area contributed by atoms with E-state index < -0.39 is 0 Å². The smallest absolute Gasteiger partial charge is 0.253 e. The first-order valence-electron chi connectivity index (χ1n) is 8.64. The largest absolute Gasteiger partial charge is 0.339 e. The normalized spacial score (nSPS) is 17.3. The maximum Gasteiger partial charge on any atom is 0.253 e. The van der Waals surface area contributed by atoms with Crippen LogP contribution in [-0.2, 0) is 0 Å². The molecular formula is C20H18FN3O2. The zero-order valence-corrected chi connectivity index (χ0v) is 14.1. The predicted octanol–water partition coefficient (Wildman–Crippen LogP) is 3.90. The van der Waals surface area contributed by atoms with Crippen molar-refractivity contribution in [1.29, 1.82) is 0 Å². The maximum absolute atomic E-state index is 13.1. The van der Waals surface area contributed by atoms with Crippen LogP contribution in [0.25, 0.3) is 11.4 Å². The summed E-state index contributed by atoms with van der Waals surface area (Å²) < 4.78 is 18.5. The molecule has 0 spiro atoms. The van der Waals surface area contributed by atoms with Gasteiger partial charge in [-0.2, -0.15) is 4.98 Å². The molecule has 2 aromatic carbocycles. The van der Waals surface area contributed by atoms with Crippen molar-refractivity contribution < 1.29 is 13.7 Å². The summed E-state index contributed by atoms with van der Waals surface area (Å²) in [5, 5.41) is 4.01. The van der Waals surface area contributed by atoms with Crippen molar-refractivity contribution >= 4 is 5.91 Å². The van der Waals surface area contributed by atoms with Gasteiger partial charge < -0.3 is 9.42 Å². The zero-order chi connectivity index (χ0) is 17.9. The van der Waals surface area contributed by atoms with Crippen molar-refractivity contribution in [1.82, 2.24) is 15.0 Å². The number of nitrogens with zero attached hydrogens (tertiary/aromatic N) is 3.